The van der Waals surface area contributed by atoms with Crippen molar-refractivity contribution >= 4 is 11.6 Å². The van der Waals surface area contributed by atoms with Gasteiger partial charge in [-0.3, -0.25) is 4.79 Å². The standard InChI is InChI=1S/C21H25NO4/c1-14(2)26-17-8-6-16(7-9-17)22-20(23)21(3,4)15-5-10-18-19(13-15)25-12-11-24-18/h5-10,13-14H,11-12H2,1-4H3,(H,22,23). The summed E-state index contributed by atoms with van der Waals surface area (Å²) in [7, 11) is 0. The Morgan fingerprint density at radius 1 is 1.04 bits per heavy atom. The van der Waals surface area contributed by atoms with Crippen LogP contribution in [0.4, 0.5) is 5.69 Å². The van der Waals surface area contributed by atoms with Crippen LogP contribution in [0.25, 0.3) is 0 Å². The van der Waals surface area contributed by atoms with Crippen LogP contribution in [0.2, 0.25) is 0 Å². The molecule has 2 aromatic carbocycles. The number of hydrogen-bond acceptors (Lipinski definition) is 4. The van der Waals surface area contributed by atoms with Crippen LogP contribution in [0, 0.1) is 0 Å². The van der Waals surface area contributed by atoms with Gasteiger partial charge in [-0.05, 0) is 69.7 Å². The summed E-state index contributed by atoms with van der Waals surface area (Å²) in [5.41, 5.74) is 0.888. The maximum Gasteiger partial charge on any atom is 0.234 e. The largest absolute Gasteiger partial charge is 0.491 e. The lowest BCUT2D eigenvalue weighted by atomic mass is 9.83. The number of amides is 1. The molecule has 1 amide bonds. The van der Waals surface area contributed by atoms with Crippen molar-refractivity contribution in [1.29, 1.82) is 0 Å². The zero-order valence-electron chi connectivity index (χ0n) is 15.7. The molecule has 0 saturated carbocycles. The van der Waals surface area contributed by atoms with Crippen LogP contribution in [0.3, 0.4) is 0 Å². The van der Waals surface area contributed by atoms with Gasteiger partial charge in [0.15, 0.2) is 11.5 Å². The van der Waals surface area contributed by atoms with E-state index >= 15 is 0 Å². The van der Waals surface area contributed by atoms with Crippen molar-refractivity contribution < 1.29 is 19.0 Å². The molecule has 138 valence electrons. The van der Waals surface area contributed by atoms with Gasteiger partial charge in [-0.2, -0.15) is 0 Å². The van der Waals surface area contributed by atoms with E-state index in [4.69, 9.17) is 14.2 Å². The van der Waals surface area contributed by atoms with Crippen molar-refractivity contribution in [3.05, 3.63) is 48.0 Å². The first-order valence-corrected chi connectivity index (χ1v) is 8.84. The van der Waals surface area contributed by atoms with Crippen molar-refractivity contribution in [2.24, 2.45) is 0 Å². The normalized spacial score (nSPS) is 13.4. The maximum absolute atomic E-state index is 12.9. The molecule has 0 spiro atoms. The van der Waals surface area contributed by atoms with Crippen LogP contribution < -0.4 is 19.5 Å². The summed E-state index contributed by atoms with van der Waals surface area (Å²) in [4.78, 5) is 12.9. The van der Waals surface area contributed by atoms with Crippen molar-refractivity contribution in [2.45, 2.75) is 39.2 Å². The Labute approximate surface area is 154 Å². The monoisotopic (exact) mass is 355 g/mol. The summed E-state index contributed by atoms with van der Waals surface area (Å²) >= 11 is 0. The predicted molar refractivity (Wildman–Crippen MR) is 101 cm³/mol. The lowest BCUT2D eigenvalue weighted by molar-refractivity contribution is -0.120. The van der Waals surface area contributed by atoms with Crippen molar-refractivity contribution in [2.75, 3.05) is 18.5 Å². The number of carbonyl (C=O) groups is 1. The molecule has 1 N–H and O–H groups in total. The molecular weight excluding hydrogens is 330 g/mol. The lowest BCUT2D eigenvalue weighted by Crippen LogP contribution is -2.34. The van der Waals surface area contributed by atoms with Crippen LogP contribution in [0.1, 0.15) is 33.3 Å². The SMILES string of the molecule is CC(C)Oc1ccc(NC(=O)C(C)(C)c2ccc3c(c2)OCCO3)cc1. The fourth-order valence-corrected chi connectivity index (χ4v) is 2.74. The Balaban J connectivity index is 1.73. The fraction of sp³-hybridized carbons (Fsp3) is 0.381. The molecule has 0 aliphatic carbocycles. The summed E-state index contributed by atoms with van der Waals surface area (Å²) in [6.07, 6.45) is 0.115. The quantitative estimate of drug-likeness (QED) is 0.875. The number of hydrogen-bond donors (Lipinski definition) is 1. The van der Waals surface area contributed by atoms with Gasteiger partial charge in [0, 0.05) is 5.69 Å². The first-order valence-electron chi connectivity index (χ1n) is 8.84. The third-order valence-corrected chi connectivity index (χ3v) is 4.32. The number of ether oxygens (including phenoxy) is 3. The average Bonchev–Trinajstić information content (AvgIpc) is 2.62. The molecule has 0 saturated heterocycles. The molecule has 3 rings (SSSR count). The second-order valence-corrected chi connectivity index (χ2v) is 7.13. The van der Waals surface area contributed by atoms with E-state index in [0.29, 0.717) is 19.0 Å². The summed E-state index contributed by atoms with van der Waals surface area (Å²) < 4.78 is 16.8. The highest BCUT2D eigenvalue weighted by atomic mass is 16.6. The van der Waals surface area contributed by atoms with Gasteiger partial charge in [-0.15, -0.1) is 0 Å². The van der Waals surface area contributed by atoms with Gasteiger partial charge in [0.1, 0.15) is 19.0 Å². The second-order valence-electron chi connectivity index (χ2n) is 7.13. The van der Waals surface area contributed by atoms with Gasteiger partial charge in [-0.25, -0.2) is 0 Å². The Morgan fingerprint density at radius 3 is 2.35 bits per heavy atom. The van der Waals surface area contributed by atoms with E-state index < -0.39 is 5.41 Å². The highest BCUT2D eigenvalue weighted by Crippen LogP contribution is 2.35. The topological polar surface area (TPSA) is 56.8 Å². The van der Waals surface area contributed by atoms with E-state index in [1.807, 2.05) is 70.2 Å². The minimum atomic E-state index is -0.719. The van der Waals surface area contributed by atoms with Crippen molar-refractivity contribution in [3.63, 3.8) is 0 Å². The number of fused-ring (bicyclic) bond motifs is 1. The molecule has 1 aliphatic rings. The Morgan fingerprint density at radius 2 is 1.69 bits per heavy atom. The maximum atomic E-state index is 12.9. The molecule has 1 heterocycles. The third-order valence-electron chi connectivity index (χ3n) is 4.32. The molecule has 0 aromatic heterocycles. The number of anilines is 1. The number of carbonyl (C=O) groups excluding carboxylic acids is 1. The van der Waals surface area contributed by atoms with Gasteiger partial charge in [-0.1, -0.05) is 6.07 Å². The highest BCUT2D eigenvalue weighted by Gasteiger charge is 2.31. The molecule has 5 heteroatoms. The van der Waals surface area contributed by atoms with Gasteiger partial charge in [0.25, 0.3) is 0 Å². The van der Waals surface area contributed by atoms with Crippen molar-refractivity contribution in [3.8, 4) is 17.2 Å². The van der Waals surface area contributed by atoms with E-state index in [1.54, 1.807) is 0 Å². The van der Waals surface area contributed by atoms with E-state index in [2.05, 4.69) is 5.32 Å². The third kappa shape index (κ3) is 3.93. The molecule has 2 aromatic rings. The molecule has 0 atom stereocenters. The van der Waals surface area contributed by atoms with Crippen LogP contribution in [-0.2, 0) is 10.2 Å². The number of nitrogens with one attached hydrogen (secondary N) is 1. The molecule has 0 radical (unpaired) electrons. The zero-order valence-corrected chi connectivity index (χ0v) is 15.7. The number of rotatable bonds is 5. The smallest absolute Gasteiger partial charge is 0.234 e. The van der Waals surface area contributed by atoms with E-state index in [1.165, 1.54) is 0 Å². The second kappa shape index (κ2) is 7.28. The van der Waals surface area contributed by atoms with E-state index in [-0.39, 0.29) is 12.0 Å². The van der Waals surface area contributed by atoms with Gasteiger partial charge in [0.05, 0.1) is 11.5 Å². The predicted octanol–water partition coefficient (Wildman–Crippen LogP) is 4.16. The Kier molecular flexibility index (Phi) is 5.07. The van der Waals surface area contributed by atoms with E-state index in [9.17, 15) is 4.79 Å². The van der Waals surface area contributed by atoms with Gasteiger partial charge >= 0.3 is 0 Å². The van der Waals surface area contributed by atoms with Crippen LogP contribution in [0.5, 0.6) is 17.2 Å². The van der Waals surface area contributed by atoms with E-state index in [0.717, 1.165) is 22.7 Å². The number of benzene rings is 2. The first-order chi connectivity index (χ1) is 12.4. The van der Waals surface area contributed by atoms with Crippen LogP contribution in [-0.4, -0.2) is 25.2 Å². The molecule has 0 bridgehead atoms. The molecular formula is C21H25NO4. The summed E-state index contributed by atoms with van der Waals surface area (Å²) in [5, 5.41) is 2.97. The molecule has 0 unspecified atom stereocenters. The summed E-state index contributed by atoms with van der Waals surface area (Å²) in [6.45, 7) is 8.81. The minimum absolute atomic E-state index is 0.0910. The minimum Gasteiger partial charge on any atom is -0.491 e. The summed E-state index contributed by atoms with van der Waals surface area (Å²) in [6, 6.07) is 13.0. The lowest BCUT2D eigenvalue weighted by Gasteiger charge is -2.26. The van der Waals surface area contributed by atoms with Crippen molar-refractivity contribution in [1.82, 2.24) is 0 Å². The molecule has 1 aliphatic heterocycles. The highest BCUT2D eigenvalue weighted by molar-refractivity contribution is 5.98. The fourth-order valence-electron chi connectivity index (χ4n) is 2.74. The first kappa shape index (κ1) is 18.1. The Bertz CT molecular complexity index is 781. The van der Waals surface area contributed by atoms with Gasteiger partial charge < -0.3 is 19.5 Å². The zero-order chi connectivity index (χ0) is 18.7. The van der Waals surface area contributed by atoms with Crippen LogP contribution >= 0.6 is 0 Å². The summed E-state index contributed by atoms with van der Waals surface area (Å²) in [5.74, 6) is 2.09. The van der Waals surface area contributed by atoms with Crippen LogP contribution in [0.15, 0.2) is 42.5 Å². The Hall–Kier alpha value is -2.69. The average molecular weight is 355 g/mol. The molecule has 0 fully saturated rings. The van der Waals surface area contributed by atoms with Gasteiger partial charge in [0.2, 0.25) is 5.91 Å². The molecule has 26 heavy (non-hydrogen) atoms. The molecule has 5 nitrogen and oxygen atoms in total.